The molecule has 0 saturated carbocycles. The zero-order valence-electron chi connectivity index (χ0n) is 10.1. The predicted octanol–water partition coefficient (Wildman–Crippen LogP) is 5.11. The molecule has 0 radical (unpaired) electrons. The summed E-state index contributed by atoms with van der Waals surface area (Å²) in [6.07, 6.45) is -4.35. The molecule has 6 heteroatoms. The number of hydrogen-bond acceptors (Lipinski definition) is 1. The molecular weight excluding hydrogens is 294 g/mol. The van der Waals surface area contributed by atoms with Crippen molar-refractivity contribution >= 4 is 17.3 Å². The van der Waals surface area contributed by atoms with Crippen LogP contribution >= 0.6 is 11.6 Å². The van der Waals surface area contributed by atoms with Crippen molar-refractivity contribution in [3.8, 4) is 0 Å². The fourth-order valence-corrected chi connectivity index (χ4v) is 1.75. The van der Waals surface area contributed by atoms with E-state index in [1.807, 2.05) is 0 Å². The first-order valence-electron chi connectivity index (χ1n) is 5.71. The van der Waals surface area contributed by atoms with Crippen LogP contribution in [0.5, 0.6) is 0 Å². The van der Waals surface area contributed by atoms with Crippen molar-refractivity contribution in [3.63, 3.8) is 0 Å². The lowest BCUT2D eigenvalue weighted by atomic mass is 10.2. The van der Waals surface area contributed by atoms with Gasteiger partial charge in [-0.15, -0.1) is 0 Å². The zero-order valence-corrected chi connectivity index (χ0v) is 10.9. The lowest BCUT2D eigenvalue weighted by Gasteiger charge is -2.10. The molecule has 2 aromatic rings. The van der Waals surface area contributed by atoms with Crippen LogP contribution in [0.25, 0.3) is 0 Å². The van der Waals surface area contributed by atoms with Crippen LogP contribution in [0.1, 0.15) is 11.1 Å². The molecule has 0 aliphatic carbocycles. The van der Waals surface area contributed by atoms with Crippen molar-refractivity contribution in [3.05, 3.63) is 64.4 Å². The molecule has 2 rings (SSSR count). The minimum absolute atomic E-state index is 0.0308. The van der Waals surface area contributed by atoms with E-state index in [1.165, 1.54) is 24.3 Å². The average Bonchev–Trinajstić information content (AvgIpc) is 2.40. The summed E-state index contributed by atoms with van der Waals surface area (Å²) in [6, 6.07) is 8.99. The first-order chi connectivity index (χ1) is 9.36. The molecule has 0 aromatic heterocycles. The Morgan fingerprint density at radius 1 is 1.00 bits per heavy atom. The molecule has 1 nitrogen and oxygen atoms in total. The molecule has 0 amide bonds. The first-order valence-corrected chi connectivity index (χ1v) is 6.09. The Balaban J connectivity index is 2.02. The van der Waals surface area contributed by atoms with Gasteiger partial charge in [-0.25, -0.2) is 4.39 Å². The van der Waals surface area contributed by atoms with Crippen LogP contribution < -0.4 is 5.32 Å². The Morgan fingerprint density at radius 3 is 2.20 bits per heavy atom. The van der Waals surface area contributed by atoms with E-state index in [2.05, 4.69) is 5.32 Å². The van der Waals surface area contributed by atoms with Crippen LogP contribution in [0.3, 0.4) is 0 Å². The van der Waals surface area contributed by atoms with Gasteiger partial charge in [0.05, 0.1) is 10.6 Å². The molecule has 0 aliphatic heterocycles. The summed E-state index contributed by atoms with van der Waals surface area (Å²) in [6.45, 7) is 0.291. The smallest absolute Gasteiger partial charge is 0.381 e. The van der Waals surface area contributed by atoms with Crippen LogP contribution in [0.15, 0.2) is 42.5 Å². The Kier molecular flexibility index (Phi) is 4.18. The van der Waals surface area contributed by atoms with Crippen LogP contribution in [0, 0.1) is 5.82 Å². The minimum Gasteiger partial charge on any atom is -0.381 e. The summed E-state index contributed by atoms with van der Waals surface area (Å²) in [4.78, 5) is 0. The SMILES string of the molecule is Fc1cc(CNc2ccc(C(F)(F)F)cc2)ccc1Cl. The van der Waals surface area contributed by atoms with Crippen molar-refractivity contribution in [1.29, 1.82) is 0 Å². The van der Waals surface area contributed by atoms with E-state index in [0.29, 0.717) is 17.8 Å². The summed E-state index contributed by atoms with van der Waals surface area (Å²) in [7, 11) is 0. The standard InChI is InChI=1S/C14H10ClF4N/c15-12-6-1-9(7-13(12)16)8-20-11-4-2-10(3-5-11)14(17,18)19/h1-7,20H,8H2. The lowest BCUT2D eigenvalue weighted by Crippen LogP contribution is -2.05. The van der Waals surface area contributed by atoms with Crippen LogP contribution in [-0.4, -0.2) is 0 Å². The fourth-order valence-electron chi connectivity index (χ4n) is 1.63. The van der Waals surface area contributed by atoms with Crippen LogP contribution in [-0.2, 0) is 12.7 Å². The molecule has 0 saturated heterocycles. The summed E-state index contributed by atoms with van der Waals surface area (Å²) >= 11 is 5.56. The number of anilines is 1. The van der Waals surface area contributed by atoms with E-state index in [4.69, 9.17) is 11.6 Å². The minimum atomic E-state index is -4.35. The molecule has 0 aliphatic rings. The van der Waals surface area contributed by atoms with Gasteiger partial charge in [0.15, 0.2) is 0 Å². The molecule has 0 spiro atoms. The van der Waals surface area contributed by atoms with E-state index in [1.54, 1.807) is 6.07 Å². The van der Waals surface area contributed by atoms with Crippen LogP contribution in [0.4, 0.5) is 23.2 Å². The Labute approximate surface area is 118 Å². The highest BCUT2D eigenvalue weighted by atomic mass is 35.5. The number of halogens is 5. The number of hydrogen-bond donors (Lipinski definition) is 1. The van der Waals surface area contributed by atoms with Gasteiger partial charge in [0.1, 0.15) is 5.82 Å². The summed E-state index contributed by atoms with van der Waals surface area (Å²) in [5, 5.41) is 2.94. The van der Waals surface area contributed by atoms with E-state index in [9.17, 15) is 17.6 Å². The third-order valence-electron chi connectivity index (χ3n) is 2.69. The molecule has 1 N–H and O–H groups in total. The van der Waals surface area contributed by atoms with E-state index >= 15 is 0 Å². The monoisotopic (exact) mass is 303 g/mol. The highest BCUT2D eigenvalue weighted by Crippen LogP contribution is 2.29. The van der Waals surface area contributed by atoms with Crippen molar-refractivity contribution in [2.24, 2.45) is 0 Å². The molecule has 2 aromatic carbocycles. The van der Waals surface area contributed by atoms with Gasteiger partial charge < -0.3 is 5.32 Å². The molecule has 106 valence electrons. The first kappa shape index (κ1) is 14.7. The van der Waals surface area contributed by atoms with Gasteiger partial charge in [0.2, 0.25) is 0 Å². The molecular formula is C14H10ClF4N. The number of benzene rings is 2. The molecule has 0 unspecified atom stereocenters. The normalized spacial score (nSPS) is 11.4. The Bertz CT molecular complexity index is 593. The van der Waals surface area contributed by atoms with Crippen molar-refractivity contribution < 1.29 is 17.6 Å². The highest BCUT2D eigenvalue weighted by Gasteiger charge is 2.29. The summed E-state index contributed by atoms with van der Waals surface area (Å²) in [5.74, 6) is -0.529. The quantitative estimate of drug-likeness (QED) is 0.777. The third kappa shape index (κ3) is 3.63. The number of alkyl halides is 3. The average molecular weight is 304 g/mol. The molecule has 0 bridgehead atoms. The molecule has 0 fully saturated rings. The topological polar surface area (TPSA) is 12.0 Å². The van der Waals surface area contributed by atoms with Crippen molar-refractivity contribution in [2.45, 2.75) is 12.7 Å². The van der Waals surface area contributed by atoms with E-state index in [-0.39, 0.29) is 5.02 Å². The second-order valence-corrected chi connectivity index (χ2v) is 4.58. The zero-order chi connectivity index (χ0) is 14.8. The summed E-state index contributed by atoms with van der Waals surface area (Å²) in [5.41, 5.74) is 0.459. The number of rotatable bonds is 3. The maximum absolute atomic E-state index is 13.2. The van der Waals surface area contributed by atoms with Gasteiger partial charge in [-0.2, -0.15) is 13.2 Å². The third-order valence-corrected chi connectivity index (χ3v) is 3.00. The van der Waals surface area contributed by atoms with Gasteiger partial charge in [0.25, 0.3) is 0 Å². The van der Waals surface area contributed by atoms with Crippen molar-refractivity contribution in [1.82, 2.24) is 0 Å². The van der Waals surface area contributed by atoms with Gasteiger partial charge in [0, 0.05) is 12.2 Å². The van der Waals surface area contributed by atoms with E-state index < -0.39 is 17.6 Å². The predicted molar refractivity (Wildman–Crippen MR) is 70.2 cm³/mol. The van der Waals surface area contributed by atoms with Gasteiger partial charge in [-0.05, 0) is 42.0 Å². The maximum atomic E-state index is 13.2. The largest absolute Gasteiger partial charge is 0.416 e. The summed E-state index contributed by atoms with van der Waals surface area (Å²) < 4.78 is 50.3. The fraction of sp³-hybridized carbons (Fsp3) is 0.143. The van der Waals surface area contributed by atoms with Gasteiger partial charge in [-0.3, -0.25) is 0 Å². The molecule has 20 heavy (non-hydrogen) atoms. The van der Waals surface area contributed by atoms with Gasteiger partial charge >= 0.3 is 6.18 Å². The molecule has 0 atom stereocenters. The van der Waals surface area contributed by atoms with Crippen molar-refractivity contribution in [2.75, 3.05) is 5.32 Å². The van der Waals surface area contributed by atoms with E-state index in [0.717, 1.165) is 12.1 Å². The van der Waals surface area contributed by atoms with Crippen LogP contribution in [0.2, 0.25) is 5.02 Å². The highest BCUT2D eigenvalue weighted by molar-refractivity contribution is 6.30. The second-order valence-electron chi connectivity index (χ2n) is 4.18. The second kappa shape index (κ2) is 5.71. The van der Waals surface area contributed by atoms with Gasteiger partial charge in [-0.1, -0.05) is 17.7 Å². The number of nitrogens with one attached hydrogen (secondary N) is 1. The lowest BCUT2D eigenvalue weighted by molar-refractivity contribution is -0.137. The molecule has 0 heterocycles. The Morgan fingerprint density at radius 2 is 1.65 bits per heavy atom. The Hall–Kier alpha value is -1.75. The maximum Gasteiger partial charge on any atom is 0.416 e.